The van der Waals surface area contributed by atoms with Crippen molar-refractivity contribution in [3.63, 3.8) is 0 Å². The minimum atomic E-state index is -0.525. The molecule has 35 heavy (non-hydrogen) atoms. The maximum atomic E-state index is 13.0. The molecule has 2 N–H and O–H groups in total. The molecule has 1 heterocycles. The zero-order valence-corrected chi connectivity index (χ0v) is 20.8. The van der Waals surface area contributed by atoms with Crippen molar-refractivity contribution in [2.45, 2.75) is 33.0 Å². The maximum absolute atomic E-state index is 13.0. The van der Waals surface area contributed by atoms with Crippen molar-refractivity contribution in [3.05, 3.63) is 92.5 Å². The monoisotopic (exact) mass is 498 g/mol. The second kappa shape index (κ2) is 13.6. The Bertz CT molecular complexity index is 1170. The molecule has 0 radical (unpaired) electrons. The quantitative estimate of drug-likeness (QED) is 0.276. The minimum Gasteiger partial charge on any atom is -0.459 e. The first-order valence-corrected chi connectivity index (χ1v) is 11.8. The van der Waals surface area contributed by atoms with Gasteiger partial charge in [-0.3, -0.25) is 14.2 Å². The number of methoxy groups -OCH3 is 1. The van der Waals surface area contributed by atoms with Gasteiger partial charge in [-0.25, -0.2) is 4.98 Å². The van der Waals surface area contributed by atoms with E-state index in [4.69, 9.17) is 21.1 Å². The standard InChI is InChI=1S/C26H31ClN4O4/c1-19-24(27)30-25(26(33)31(19)17-23(32)35-18-21-7-4-3-5-8-21)29-12-11-20-9-6-10-22(15-20)16-28-13-14-34-2/h3-10,15,28H,11-14,16-18H2,1-2H3,(H,29,30). The van der Waals surface area contributed by atoms with E-state index < -0.39 is 11.5 Å². The van der Waals surface area contributed by atoms with Gasteiger partial charge in [-0.15, -0.1) is 0 Å². The summed E-state index contributed by atoms with van der Waals surface area (Å²) in [6.45, 7) is 4.24. The molecule has 0 spiro atoms. The minimum absolute atomic E-state index is 0.105. The first-order valence-electron chi connectivity index (χ1n) is 11.5. The summed E-state index contributed by atoms with van der Waals surface area (Å²) in [4.78, 5) is 29.5. The summed E-state index contributed by atoms with van der Waals surface area (Å²) in [6, 6.07) is 17.6. The van der Waals surface area contributed by atoms with E-state index in [0.717, 1.165) is 24.2 Å². The Morgan fingerprint density at radius 1 is 1.06 bits per heavy atom. The Kier molecular flexibility index (Phi) is 10.3. The second-order valence-electron chi connectivity index (χ2n) is 8.04. The molecule has 3 rings (SSSR count). The predicted molar refractivity (Wildman–Crippen MR) is 137 cm³/mol. The van der Waals surface area contributed by atoms with Crippen molar-refractivity contribution in [3.8, 4) is 0 Å². The molecular formula is C26H31ClN4O4. The molecule has 0 unspecified atom stereocenters. The maximum Gasteiger partial charge on any atom is 0.326 e. The van der Waals surface area contributed by atoms with Crippen LogP contribution in [0.5, 0.6) is 0 Å². The zero-order valence-electron chi connectivity index (χ0n) is 20.1. The number of rotatable bonds is 13. The third-order valence-corrected chi connectivity index (χ3v) is 5.76. The first kappa shape index (κ1) is 26.4. The van der Waals surface area contributed by atoms with Crippen molar-refractivity contribution in [1.82, 2.24) is 14.9 Å². The van der Waals surface area contributed by atoms with Crippen molar-refractivity contribution in [2.24, 2.45) is 0 Å². The van der Waals surface area contributed by atoms with Crippen molar-refractivity contribution >= 4 is 23.4 Å². The summed E-state index contributed by atoms with van der Waals surface area (Å²) >= 11 is 6.26. The lowest BCUT2D eigenvalue weighted by Gasteiger charge is -2.14. The molecule has 0 atom stereocenters. The average molecular weight is 499 g/mol. The third-order valence-electron chi connectivity index (χ3n) is 5.40. The molecule has 186 valence electrons. The van der Waals surface area contributed by atoms with Gasteiger partial charge >= 0.3 is 5.97 Å². The van der Waals surface area contributed by atoms with E-state index in [1.165, 1.54) is 10.1 Å². The first-order chi connectivity index (χ1) is 17.0. The van der Waals surface area contributed by atoms with Crippen LogP contribution < -0.4 is 16.2 Å². The fraction of sp³-hybridized carbons (Fsp3) is 0.346. The van der Waals surface area contributed by atoms with Gasteiger partial charge in [0.25, 0.3) is 5.56 Å². The van der Waals surface area contributed by atoms with Gasteiger partial charge in [0, 0.05) is 26.7 Å². The summed E-state index contributed by atoms with van der Waals surface area (Å²) in [7, 11) is 1.68. The van der Waals surface area contributed by atoms with Gasteiger partial charge < -0.3 is 20.1 Å². The molecule has 0 fully saturated rings. The van der Waals surface area contributed by atoms with Crippen LogP contribution in [-0.4, -0.2) is 42.3 Å². The number of nitrogens with zero attached hydrogens (tertiary/aromatic N) is 2. The Labute approximate surface area is 210 Å². The average Bonchev–Trinajstić information content (AvgIpc) is 2.87. The molecule has 0 saturated carbocycles. The number of ether oxygens (including phenoxy) is 2. The van der Waals surface area contributed by atoms with Gasteiger partial charge in [0.05, 0.1) is 12.3 Å². The third kappa shape index (κ3) is 8.20. The van der Waals surface area contributed by atoms with Crippen molar-refractivity contribution in [2.75, 3.05) is 32.1 Å². The Morgan fingerprint density at radius 2 is 1.80 bits per heavy atom. The van der Waals surface area contributed by atoms with E-state index in [1.807, 2.05) is 42.5 Å². The number of hydrogen-bond acceptors (Lipinski definition) is 7. The number of hydrogen-bond donors (Lipinski definition) is 2. The summed E-state index contributed by atoms with van der Waals surface area (Å²) in [6.07, 6.45) is 0.692. The predicted octanol–water partition coefficient (Wildman–Crippen LogP) is 3.34. The number of nitrogens with one attached hydrogen (secondary N) is 2. The molecule has 0 bridgehead atoms. The highest BCUT2D eigenvalue weighted by Crippen LogP contribution is 2.13. The lowest BCUT2D eigenvalue weighted by Crippen LogP contribution is -2.31. The van der Waals surface area contributed by atoms with E-state index in [-0.39, 0.29) is 24.1 Å². The summed E-state index contributed by atoms with van der Waals surface area (Å²) in [5.74, 6) is -0.419. The van der Waals surface area contributed by atoms with Crippen LogP contribution in [0.25, 0.3) is 0 Å². The molecule has 9 heteroatoms. The lowest BCUT2D eigenvalue weighted by atomic mass is 10.1. The molecule has 0 aliphatic carbocycles. The smallest absolute Gasteiger partial charge is 0.326 e. The highest BCUT2D eigenvalue weighted by molar-refractivity contribution is 6.30. The fourth-order valence-corrected chi connectivity index (χ4v) is 3.65. The number of aromatic nitrogens is 2. The Morgan fingerprint density at radius 3 is 2.57 bits per heavy atom. The summed E-state index contributed by atoms with van der Waals surface area (Å²) < 4.78 is 11.7. The van der Waals surface area contributed by atoms with Gasteiger partial charge in [-0.2, -0.15) is 0 Å². The van der Waals surface area contributed by atoms with Gasteiger partial charge in [-0.05, 0) is 30.0 Å². The van der Waals surface area contributed by atoms with Crippen LogP contribution in [-0.2, 0) is 40.4 Å². The van der Waals surface area contributed by atoms with Gasteiger partial charge in [0.2, 0.25) is 0 Å². The highest BCUT2D eigenvalue weighted by atomic mass is 35.5. The number of anilines is 1. The molecule has 2 aromatic carbocycles. The molecule has 0 amide bonds. The van der Waals surface area contributed by atoms with Crippen LogP contribution in [0.1, 0.15) is 22.4 Å². The highest BCUT2D eigenvalue weighted by Gasteiger charge is 2.16. The summed E-state index contributed by atoms with van der Waals surface area (Å²) in [5, 5.41) is 6.55. The molecular weight excluding hydrogens is 468 g/mol. The van der Waals surface area contributed by atoms with E-state index in [0.29, 0.717) is 25.3 Å². The number of benzene rings is 2. The molecule has 0 saturated heterocycles. The topological polar surface area (TPSA) is 94.5 Å². The normalized spacial score (nSPS) is 10.8. The second-order valence-corrected chi connectivity index (χ2v) is 8.40. The van der Waals surface area contributed by atoms with Crippen LogP contribution in [0.2, 0.25) is 5.15 Å². The van der Waals surface area contributed by atoms with E-state index in [1.54, 1.807) is 14.0 Å². The lowest BCUT2D eigenvalue weighted by molar-refractivity contribution is -0.145. The summed E-state index contributed by atoms with van der Waals surface area (Å²) in [5.41, 5.74) is 3.17. The van der Waals surface area contributed by atoms with Crippen LogP contribution in [0.15, 0.2) is 59.4 Å². The Balaban J connectivity index is 1.58. The van der Waals surface area contributed by atoms with Gasteiger partial charge in [-0.1, -0.05) is 66.2 Å². The fourth-order valence-electron chi connectivity index (χ4n) is 3.46. The van der Waals surface area contributed by atoms with Crippen molar-refractivity contribution in [1.29, 1.82) is 0 Å². The zero-order chi connectivity index (χ0) is 25.0. The molecule has 3 aromatic rings. The van der Waals surface area contributed by atoms with E-state index in [2.05, 4.69) is 27.8 Å². The van der Waals surface area contributed by atoms with Gasteiger partial charge in [0.1, 0.15) is 13.2 Å². The molecule has 8 nitrogen and oxygen atoms in total. The SMILES string of the molecule is COCCNCc1cccc(CCNc2nc(Cl)c(C)n(CC(=O)OCc3ccccc3)c2=O)c1. The molecule has 0 aliphatic rings. The number of esters is 1. The van der Waals surface area contributed by atoms with Crippen LogP contribution in [0.4, 0.5) is 5.82 Å². The van der Waals surface area contributed by atoms with E-state index in [9.17, 15) is 9.59 Å². The van der Waals surface area contributed by atoms with Gasteiger partial charge in [0.15, 0.2) is 11.0 Å². The number of carbonyl (C=O) groups is 1. The molecule has 1 aromatic heterocycles. The largest absolute Gasteiger partial charge is 0.459 e. The number of halogens is 1. The van der Waals surface area contributed by atoms with Crippen LogP contribution in [0, 0.1) is 6.92 Å². The van der Waals surface area contributed by atoms with E-state index >= 15 is 0 Å². The Hall–Kier alpha value is -3.20. The van der Waals surface area contributed by atoms with Crippen molar-refractivity contribution < 1.29 is 14.3 Å². The molecule has 0 aliphatic heterocycles. The van der Waals surface area contributed by atoms with Crippen LogP contribution in [0.3, 0.4) is 0 Å². The number of carbonyl (C=O) groups excluding carboxylic acids is 1. The van der Waals surface area contributed by atoms with Crippen LogP contribution >= 0.6 is 11.6 Å².